The van der Waals surface area contributed by atoms with Gasteiger partial charge in [0.15, 0.2) is 0 Å². The van der Waals surface area contributed by atoms with Crippen LogP contribution in [0.25, 0.3) is 0 Å². The molecule has 1 fully saturated rings. The molecule has 0 bridgehead atoms. The first-order chi connectivity index (χ1) is 8.44. The molecule has 1 N–H and O–H groups in total. The number of carbonyl (C=O) groups excluding carboxylic acids is 1. The van der Waals surface area contributed by atoms with E-state index in [1.54, 1.807) is 0 Å². The van der Waals surface area contributed by atoms with Gasteiger partial charge in [-0.05, 0) is 43.9 Å². The SMILES string of the molecule is CC1CC1C(=O)Nc1ccc(C(C)(C)C#N)cc1. The molecule has 94 valence electrons. The van der Waals surface area contributed by atoms with Gasteiger partial charge in [0.2, 0.25) is 5.91 Å². The summed E-state index contributed by atoms with van der Waals surface area (Å²) in [6.07, 6.45) is 0.991. The molecular weight excluding hydrogens is 224 g/mol. The van der Waals surface area contributed by atoms with Crippen molar-refractivity contribution in [2.75, 3.05) is 5.32 Å². The number of carbonyl (C=O) groups is 1. The van der Waals surface area contributed by atoms with Crippen molar-refractivity contribution in [3.63, 3.8) is 0 Å². The largest absolute Gasteiger partial charge is 0.326 e. The second-order valence-corrected chi connectivity index (χ2v) is 5.62. The maximum Gasteiger partial charge on any atom is 0.227 e. The maximum absolute atomic E-state index is 11.8. The Hall–Kier alpha value is -1.82. The van der Waals surface area contributed by atoms with E-state index in [1.807, 2.05) is 38.1 Å². The summed E-state index contributed by atoms with van der Waals surface area (Å²) in [6.45, 7) is 5.85. The van der Waals surface area contributed by atoms with E-state index in [9.17, 15) is 4.79 Å². The Kier molecular flexibility index (Phi) is 3.13. The number of rotatable bonds is 3. The highest BCUT2D eigenvalue weighted by Crippen LogP contribution is 2.38. The van der Waals surface area contributed by atoms with Crippen molar-refractivity contribution in [1.29, 1.82) is 5.26 Å². The molecule has 1 aliphatic rings. The zero-order valence-corrected chi connectivity index (χ0v) is 11.0. The third kappa shape index (κ3) is 2.53. The van der Waals surface area contributed by atoms with Gasteiger partial charge in [0, 0.05) is 11.6 Å². The average molecular weight is 242 g/mol. The van der Waals surface area contributed by atoms with E-state index in [-0.39, 0.29) is 11.8 Å². The minimum atomic E-state index is -0.493. The van der Waals surface area contributed by atoms with Crippen molar-refractivity contribution in [2.45, 2.75) is 32.6 Å². The molecule has 0 aliphatic heterocycles. The molecule has 18 heavy (non-hydrogen) atoms. The van der Waals surface area contributed by atoms with Gasteiger partial charge in [0.05, 0.1) is 11.5 Å². The van der Waals surface area contributed by atoms with E-state index in [0.717, 1.165) is 17.7 Å². The van der Waals surface area contributed by atoms with Gasteiger partial charge in [0.25, 0.3) is 0 Å². The van der Waals surface area contributed by atoms with Crippen molar-refractivity contribution >= 4 is 11.6 Å². The molecule has 3 nitrogen and oxygen atoms in total. The number of nitrogens with zero attached hydrogens (tertiary/aromatic N) is 1. The van der Waals surface area contributed by atoms with Crippen LogP contribution in [-0.2, 0) is 10.2 Å². The maximum atomic E-state index is 11.8. The van der Waals surface area contributed by atoms with E-state index < -0.39 is 5.41 Å². The third-order valence-corrected chi connectivity index (χ3v) is 3.60. The number of anilines is 1. The first-order valence-electron chi connectivity index (χ1n) is 6.26. The molecule has 0 heterocycles. The van der Waals surface area contributed by atoms with Crippen LogP contribution in [0.15, 0.2) is 24.3 Å². The number of amides is 1. The summed E-state index contributed by atoms with van der Waals surface area (Å²) in [4.78, 5) is 11.8. The first-order valence-corrected chi connectivity index (χ1v) is 6.26. The summed E-state index contributed by atoms with van der Waals surface area (Å²) >= 11 is 0. The highest BCUT2D eigenvalue weighted by molar-refractivity contribution is 5.94. The Morgan fingerprint density at radius 3 is 2.39 bits per heavy atom. The zero-order valence-electron chi connectivity index (χ0n) is 11.0. The molecule has 3 heteroatoms. The summed E-state index contributed by atoms with van der Waals surface area (Å²) in [5.74, 6) is 0.803. The van der Waals surface area contributed by atoms with E-state index >= 15 is 0 Å². The number of nitrogens with one attached hydrogen (secondary N) is 1. The van der Waals surface area contributed by atoms with Crippen LogP contribution in [0.5, 0.6) is 0 Å². The lowest BCUT2D eigenvalue weighted by molar-refractivity contribution is -0.117. The summed E-state index contributed by atoms with van der Waals surface area (Å²) in [5.41, 5.74) is 1.27. The Labute approximate surface area is 108 Å². The lowest BCUT2D eigenvalue weighted by atomic mass is 9.86. The fourth-order valence-electron chi connectivity index (χ4n) is 1.96. The van der Waals surface area contributed by atoms with Gasteiger partial charge >= 0.3 is 0 Å². The van der Waals surface area contributed by atoms with Crippen LogP contribution in [-0.4, -0.2) is 5.91 Å². The van der Waals surface area contributed by atoms with E-state index in [0.29, 0.717) is 5.92 Å². The van der Waals surface area contributed by atoms with Gasteiger partial charge < -0.3 is 5.32 Å². The van der Waals surface area contributed by atoms with Crippen LogP contribution in [0.1, 0.15) is 32.8 Å². The number of hydrogen-bond donors (Lipinski definition) is 1. The zero-order chi connectivity index (χ0) is 13.3. The van der Waals surface area contributed by atoms with Gasteiger partial charge in [0.1, 0.15) is 0 Å². The molecule has 1 aromatic carbocycles. The molecule has 0 saturated heterocycles. The molecule has 2 atom stereocenters. The minimum Gasteiger partial charge on any atom is -0.326 e. The second kappa shape index (κ2) is 4.45. The van der Waals surface area contributed by atoms with Crippen LogP contribution in [0.3, 0.4) is 0 Å². The highest BCUT2D eigenvalue weighted by Gasteiger charge is 2.39. The average Bonchev–Trinajstić information content (AvgIpc) is 3.07. The Morgan fingerprint density at radius 1 is 1.39 bits per heavy atom. The standard InChI is InChI=1S/C15H18N2O/c1-10-8-13(10)14(18)17-12-6-4-11(5-7-12)15(2,3)9-16/h4-7,10,13H,8H2,1-3H3,(H,17,18). The van der Waals surface area contributed by atoms with Crippen LogP contribution in [0, 0.1) is 23.2 Å². The van der Waals surface area contributed by atoms with Crippen LogP contribution in [0.4, 0.5) is 5.69 Å². The third-order valence-electron chi connectivity index (χ3n) is 3.60. The summed E-state index contributed by atoms with van der Waals surface area (Å²) in [7, 11) is 0. The summed E-state index contributed by atoms with van der Waals surface area (Å²) < 4.78 is 0. The Balaban J connectivity index is 2.04. The fourth-order valence-corrected chi connectivity index (χ4v) is 1.96. The molecule has 1 saturated carbocycles. The Bertz CT molecular complexity index is 496. The van der Waals surface area contributed by atoms with Crippen molar-refractivity contribution in [1.82, 2.24) is 0 Å². The van der Waals surface area contributed by atoms with Crippen LogP contribution in [0.2, 0.25) is 0 Å². The van der Waals surface area contributed by atoms with Gasteiger partial charge in [-0.15, -0.1) is 0 Å². The van der Waals surface area contributed by atoms with Crippen LogP contribution >= 0.6 is 0 Å². The lowest BCUT2D eigenvalue weighted by Crippen LogP contribution is -2.16. The summed E-state index contributed by atoms with van der Waals surface area (Å²) in [5, 5.41) is 12.0. The molecule has 1 aliphatic carbocycles. The van der Waals surface area contributed by atoms with Crippen LogP contribution < -0.4 is 5.32 Å². The van der Waals surface area contributed by atoms with Gasteiger partial charge in [-0.25, -0.2) is 0 Å². The Morgan fingerprint density at radius 2 is 1.94 bits per heavy atom. The van der Waals surface area contributed by atoms with Crippen molar-refractivity contribution in [3.8, 4) is 6.07 Å². The minimum absolute atomic E-state index is 0.106. The number of benzene rings is 1. The number of hydrogen-bond acceptors (Lipinski definition) is 2. The molecular formula is C15H18N2O. The topological polar surface area (TPSA) is 52.9 Å². The smallest absolute Gasteiger partial charge is 0.227 e. The number of nitriles is 1. The van der Waals surface area contributed by atoms with E-state index in [2.05, 4.69) is 18.3 Å². The van der Waals surface area contributed by atoms with Gasteiger partial charge in [-0.1, -0.05) is 19.1 Å². The van der Waals surface area contributed by atoms with Gasteiger partial charge in [-0.3, -0.25) is 4.79 Å². The molecule has 0 spiro atoms. The van der Waals surface area contributed by atoms with Crippen molar-refractivity contribution in [3.05, 3.63) is 29.8 Å². The molecule has 0 aromatic heterocycles. The molecule has 0 radical (unpaired) electrons. The van der Waals surface area contributed by atoms with Crippen molar-refractivity contribution < 1.29 is 4.79 Å². The molecule has 1 aromatic rings. The molecule has 2 unspecified atom stereocenters. The quantitative estimate of drug-likeness (QED) is 0.885. The highest BCUT2D eigenvalue weighted by atomic mass is 16.2. The predicted molar refractivity (Wildman–Crippen MR) is 71.0 cm³/mol. The second-order valence-electron chi connectivity index (χ2n) is 5.62. The predicted octanol–water partition coefficient (Wildman–Crippen LogP) is 3.08. The molecule has 2 rings (SSSR count). The van der Waals surface area contributed by atoms with E-state index in [1.165, 1.54) is 0 Å². The fraction of sp³-hybridized carbons (Fsp3) is 0.467. The van der Waals surface area contributed by atoms with Gasteiger partial charge in [-0.2, -0.15) is 5.26 Å². The molecule has 1 amide bonds. The monoisotopic (exact) mass is 242 g/mol. The first kappa shape index (κ1) is 12.6. The van der Waals surface area contributed by atoms with E-state index in [4.69, 9.17) is 5.26 Å². The van der Waals surface area contributed by atoms with Crippen molar-refractivity contribution in [2.24, 2.45) is 11.8 Å². The lowest BCUT2D eigenvalue weighted by Gasteiger charge is -2.16. The summed E-state index contributed by atoms with van der Waals surface area (Å²) in [6, 6.07) is 9.78. The normalized spacial score (nSPS) is 22.1.